The molecular weight excluding hydrogens is 343 g/mol. The van der Waals surface area contributed by atoms with Crippen molar-refractivity contribution in [2.24, 2.45) is 5.92 Å². The van der Waals surface area contributed by atoms with Crippen molar-refractivity contribution in [3.8, 4) is 0 Å². The molecule has 0 amide bonds. The maximum Gasteiger partial charge on any atom is 0.222 e. The van der Waals surface area contributed by atoms with Gasteiger partial charge < -0.3 is 5.32 Å². The van der Waals surface area contributed by atoms with E-state index in [1.165, 1.54) is 11.8 Å². The van der Waals surface area contributed by atoms with Gasteiger partial charge in [0.05, 0.1) is 5.69 Å². The molecule has 27 heavy (non-hydrogen) atoms. The summed E-state index contributed by atoms with van der Waals surface area (Å²) in [4.78, 5) is 10.7. The minimum Gasteiger partial charge on any atom is -0.354 e. The summed E-state index contributed by atoms with van der Waals surface area (Å²) in [5.41, 5.74) is 1.91. The lowest BCUT2D eigenvalue weighted by atomic mass is 10.0. The van der Waals surface area contributed by atoms with E-state index in [2.05, 4.69) is 30.0 Å². The molecule has 0 fully saturated rings. The molecule has 3 aromatic rings. The van der Waals surface area contributed by atoms with E-state index < -0.39 is 0 Å². The van der Waals surface area contributed by atoms with Crippen LogP contribution in [-0.4, -0.2) is 37.7 Å². The largest absolute Gasteiger partial charge is 0.354 e. The number of hydrogen-bond acceptors (Lipinski definition) is 5. The van der Waals surface area contributed by atoms with E-state index >= 15 is 0 Å². The zero-order valence-electron chi connectivity index (χ0n) is 15.1. The fraction of sp³-hybridized carbons (Fsp3) is 0.350. The van der Waals surface area contributed by atoms with Crippen LogP contribution >= 0.6 is 0 Å². The van der Waals surface area contributed by atoms with E-state index in [4.69, 9.17) is 0 Å². The molecule has 1 N–H and O–H groups in total. The molecule has 1 aromatic carbocycles. The maximum absolute atomic E-state index is 14.1. The van der Waals surface area contributed by atoms with Crippen molar-refractivity contribution in [3.63, 3.8) is 0 Å². The SMILES string of the molecule is Fc1ccccc1CN1Cc2ccnn2CC(CCNc2ncccn2)C1. The zero-order chi connectivity index (χ0) is 18.5. The van der Waals surface area contributed by atoms with Crippen molar-refractivity contribution in [1.29, 1.82) is 0 Å². The van der Waals surface area contributed by atoms with Crippen LogP contribution in [-0.2, 0) is 19.6 Å². The Labute approximate surface area is 158 Å². The van der Waals surface area contributed by atoms with Crippen molar-refractivity contribution >= 4 is 5.95 Å². The smallest absolute Gasteiger partial charge is 0.222 e. The Morgan fingerprint density at radius 2 is 1.89 bits per heavy atom. The van der Waals surface area contributed by atoms with Gasteiger partial charge in [0.2, 0.25) is 5.95 Å². The summed E-state index contributed by atoms with van der Waals surface area (Å²) in [7, 11) is 0. The Kier molecular flexibility index (Phi) is 5.39. The second-order valence-electron chi connectivity index (χ2n) is 6.92. The molecule has 1 aliphatic heterocycles. The number of halogens is 1. The Bertz CT molecular complexity index is 866. The zero-order valence-corrected chi connectivity index (χ0v) is 15.1. The average Bonchev–Trinajstić information content (AvgIpc) is 3.04. The molecule has 6 nitrogen and oxygen atoms in total. The number of rotatable bonds is 6. The third kappa shape index (κ3) is 4.49. The average molecular weight is 366 g/mol. The fourth-order valence-electron chi connectivity index (χ4n) is 3.57. The standard InChI is InChI=1S/C20H23FN6/c21-19-5-2-1-4-17(19)14-26-12-16(13-27-18(15-26)7-11-25-27)6-10-24-20-22-8-3-9-23-20/h1-5,7-9,11,16H,6,10,12-15H2,(H,22,23,24). The molecule has 0 aliphatic carbocycles. The van der Waals surface area contributed by atoms with Crippen molar-refractivity contribution in [2.75, 3.05) is 18.4 Å². The van der Waals surface area contributed by atoms with Crippen LogP contribution in [0.25, 0.3) is 0 Å². The summed E-state index contributed by atoms with van der Waals surface area (Å²) in [6, 6.07) is 10.9. The molecule has 0 saturated heterocycles. The number of nitrogens with zero attached hydrogens (tertiary/aromatic N) is 5. The second kappa shape index (κ2) is 8.26. The van der Waals surface area contributed by atoms with Gasteiger partial charge in [0.25, 0.3) is 0 Å². The van der Waals surface area contributed by atoms with Gasteiger partial charge >= 0.3 is 0 Å². The first kappa shape index (κ1) is 17.6. The molecule has 3 heterocycles. The maximum atomic E-state index is 14.1. The third-order valence-corrected chi connectivity index (χ3v) is 4.89. The number of benzene rings is 1. The van der Waals surface area contributed by atoms with Crippen LogP contribution in [0.3, 0.4) is 0 Å². The molecule has 0 saturated carbocycles. The summed E-state index contributed by atoms with van der Waals surface area (Å²) in [6.45, 7) is 3.94. The van der Waals surface area contributed by atoms with Gasteiger partial charge in [0.15, 0.2) is 0 Å². The van der Waals surface area contributed by atoms with E-state index in [9.17, 15) is 4.39 Å². The molecule has 0 radical (unpaired) electrons. The Morgan fingerprint density at radius 1 is 1.04 bits per heavy atom. The van der Waals surface area contributed by atoms with Gasteiger partial charge in [0.1, 0.15) is 5.82 Å². The highest BCUT2D eigenvalue weighted by atomic mass is 19.1. The number of anilines is 1. The van der Waals surface area contributed by atoms with Gasteiger partial charge in [-0.25, -0.2) is 14.4 Å². The molecule has 1 aliphatic rings. The summed E-state index contributed by atoms with van der Waals surface area (Å²) >= 11 is 0. The highest BCUT2D eigenvalue weighted by Crippen LogP contribution is 2.21. The van der Waals surface area contributed by atoms with Crippen molar-refractivity contribution < 1.29 is 4.39 Å². The van der Waals surface area contributed by atoms with Gasteiger partial charge in [-0.05, 0) is 30.5 Å². The quantitative estimate of drug-likeness (QED) is 0.727. The summed E-state index contributed by atoms with van der Waals surface area (Å²) < 4.78 is 16.2. The van der Waals surface area contributed by atoms with E-state index in [0.29, 0.717) is 18.4 Å². The lowest BCUT2D eigenvalue weighted by molar-refractivity contribution is 0.214. The molecule has 2 aromatic heterocycles. The fourth-order valence-corrected chi connectivity index (χ4v) is 3.57. The molecule has 4 rings (SSSR count). The lowest BCUT2D eigenvalue weighted by Crippen LogP contribution is -2.29. The van der Waals surface area contributed by atoms with Crippen molar-refractivity contribution in [2.45, 2.75) is 26.1 Å². The van der Waals surface area contributed by atoms with Crippen molar-refractivity contribution in [3.05, 3.63) is 72.1 Å². The molecule has 7 heteroatoms. The highest BCUT2D eigenvalue weighted by Gasteiger charge is 2.23. The lowest BCUT2D eigenvalue weighted by Gasteiger charge is -2.24. The topological polar surface area (TPSA) is 58.9 Å². The van der Waals surface area contributed by atoms with E-state index in [1.54, 1.807) is 24.5 Å². The van der Waals surface area contributed by atoms with Crippen LogP contribution in [0.2, 0.25) is 0 Å². The van der Waals surface area contributed by atoms with Crippen LogP contribution < -0.4 is 5.32 Å². The minimum atomic E-state index is -0.144. The summed E-state index contributed by atoms with van der Waals surface area (Å²) in [5.74, 6) is 0.915. The minimum absolute atomic E-state index is 0.144. The van der Waals surface area contributed by atoms with E-state index in [0.717, 1.165) is 38.2 Å². The molecule has 1 unspecified atom stereocenters. The normalized spacial score (nSPS) is 17.3. The first-order valence-electron chi connectivity index (χ1n) is 9.25. The molecular formula is C20H23FN6. The first-order valence-corrected chi connectivity index (χ1v) is 9.25. The molecule has 140 valence electrons. The predicted molar refractivity (Wildman–Crippen MR) is 101 cm³/mol. The van der Waals surface area contributed by atoms with Gasteiger partial charge in [-0.3, -0.25) is 9.58 Å². The number of fused-ring (bicyclic) bond motifs is 1. The van der Waals surface area contributed by atoms with Gasteiger partial charge in [0, 0.05) is 56.9 Å². The van der Waals surface area contributed by atoms with E-state index in [-0.39, 0.29) is 5.82 Å². The van der Waals surface area contributed by atoms with Crippen LogP contribution in [0.5, 0.6) is 0 Å². The van der Waals surface area contributed by atoms with Crippen LogP contribution in [0.4, 0.5) is 10.3 Å². The van der Waals surface area contributed by atoms with Gasteiger partial charge in [-0.15, -0.1) is 0 Å². The Hall–Kier alpha value is -2.80. The van der Waals surface area contributed by atoms with Crippen molar-refractivity contribution in [1.82, 2.24) is 24.6 Å². The van der Waals surface area contributed by atoms with E-state index in [1.807, 2.05) is 24.4 Å². The Balaban J connectivity index is 1.43. The highest BCUT2D eigenvalue weighted by molar-refractivity contribution is 5.21. The summed E-state index contributed by atoms with van der Waals surface area (Å²) in [6.07, 6.45) is 6.26. The second-order valence-corrected chi connectivity index (χ2v) is 6.92. The predicted octanol–water partition coefficient (Wildman–Crippen LogP) is 2.95. The van der Waals surface area contributed by atoms with Crippen LogP contribution in [0, 0.1) is 11.7 Å². The molecule has 0 spiro atoms. The first-order chi connectivity index (χ1) is 13.3. The number of aromatic nitrogens is 4. The van der Waals surface area contributed by atoms with Crippen LogP contribution in [0.15, 0.2) is 55.0 Å². The molecule has 1 atom stereocenters. The van der Waals surface area contributed by atoms with Gasteiger partial charge in [-0.1, -0.05) is 18.2 Å². The number of nitrogens with one attached hydrogen (secondary N) is 1. The summed E-state index contributed by atoms with van der Waals surface area (Å²) in [5, 5.41) is 7.74. The monoisotopic (exact) mass is 366 g/mol. The Morgan fingerprint density at radius 3 is 2.74 bits per heavy atom. The number of hydrogen-bond donors (Lipinski definition) is 1. The molecule has 0 bridgehead atoms. The van der Waals surface area contributed by atoms with Gasteiger partial charge in [-0.2, -0.15) is 5.10 Å². The van der Waals surface area contributed by atoms with Crippen LogP contribution in [0.1, 0.15) is 17.7 Å². The third-order valence-electron chi connectivity index (χ3n) is 4.89.